The van der Waals surface area contributed by atoms with Gasteiger partial charge >= 0.3 is 0 Å². The van der Waals surface area contributed by atoms with Gasteiger partial charge in [-0.1, -0.05) is 91.7 Å². The number of hydrogen-bond acceptors (Lipinski definition) is 0. The second kappa shape index (κ2) is 7.81. The first-order valence-corrected chi connectivity index (χ1v) is 12.4. The molecule has 0 unspecified atom stereocenters. The standard InChI is InChI=1S/C24H27ClSi/c1-5-20-15-21(6-2)17-24(16-20)26(25,22-11-7-18(3)8-12-22)23-13-9-19(4)10-14-23/h7-17H,5-6H2,1-4H3. The Balaban J connectivity index is 2.27. The van der Waals surface area contributed by atoms with Crippen molar-refractivity contribution < 1.29 is 0 Å². The molecule has 134 valence electrons. The van der Waals surface area contributed by atoms with Crippen LogP contribution in [0.4, 0.5) is 0 Å². The van der Waals surface area contributed by atoms with Gasteiger partial charge in [-0.3, -0.25) is 0 Å². The summed E-state index contributed by atoms with van der Waals surface area (Å²) in [4.78, 5) is 0. The second-order valence-electron chi connectivity index (χ2n) is 7.14. The van der Waals surface area contributed by atoms with E-state index in [-0.39, 0.29) is 0 Å². The van der Waals surface area contributed by atoms with Crippen molar-refractivity contribution in [1.29, 1.82) is 0 Å². The monoisotopic (exact) mass is 378 g/mol. The molecule has 26 heavy (non-hydrogen) atoms. The quantitative estimate of drug-likeness (QED) is 0.345. The summed E-state index contributed by atoms with van der Waals surface area (Å²) in [6.07, 6.45) is 2.06. The number of rotatable bonds is 5. The molecule has 0 aliphatic rings. The fourth-order valence-electron chi connectivity index (χ4n) is 3.44. The molecular weight excluding hydrogens is 352 g/mol. The van der Waals surface area contributed by atoms with Crippen LogP contribution >= 0.6 is 11.1 Å². The zero-order valence-corrected chi connectivity index (χ0v) is 17.9. The van der Waals surface area contributed by atoms with Crippen molar-refractivity contribution in [3.8, 4) is 0 Å². The minimum absolute atomic E-state index is 1.03. The Morgan fingerprint density at radius 1 is 0.615 bits per heavy atom. The van der Waals surface area contributed by atoms with Crippen LogP contribution in [0, 0.1) is 13.8 Å². The predicted octanol–water partition coefficient (Wildman–Crippen LogP) is 4.63. The highest BCUT2D eigenvalue weighted by Gasteiger charge is 2.38. The van der Waals surface area contributed by atoms with E-state index in [0.717, 1.165) is 12.8 Å². The van der Waals surface area contributed by atoms with Crippen LogP contribution in [0.15, 0.2) is 66.7 Å². The van der Waals surface area contributed by atoms with Crippen LogP contribution in [0.2, 0.25) is 0 Å². The maximum Gasteiger partial charge on any atom is 0.247 e. The highest BCUT2D eigenvalue weighted by atomic mass is 35.6. The van der Waals surface area contributed by atoms with E-state index in [4.69, 9.17) is 11.1 Å². The molecule has 0 atom stereocenters. The minimum atomic E-state index is -2.55. The van der Waals surface area contributed by atoms with Gasteiger partial charge in [0.15, 0.2) is 0 Å². The minimum Gasteiger partial charge on any atom is -0.149 e. The Hall–Kier alpha value is -1.83. The highest BCUT2D eigenvalue weighted by Crippen LogP contribution is 2.16. The SMILES string of the molecule is CCc1cc(CC)cc([Si](Cl)(c2ccc(C)cc2)c2ccc(C)cc2)c1. The smallest absolute Gasteiger partial charge is 0.149 e. The zero-order valence-electron chi connectivity index (χ0n) is 16.1. The lowest BCUT2D eigenvalue weighted by Gasteiger charge is -2.28. The number of aryl methyl sites for hydroxylation is 4. The molecule has 0 aliphatic carbocycles. The fraction of sp³-hybridized carbons (Fsp3) is 0.250. The third-order valence-corrected chi connectivity index (χ3v) is 10.5. The van der Waals surface area contributed by atoms with Gasteiger partial charge in [0, 0.05) is 0 Å². The van der Waals surface area contributed by atoms with E-state index < -0.39 is 7.38 Å². The molecule has 0 bridgehead atoms. The lowest BCUT2D eigenvalue weighted by molar-refractivity contribution is 1.09. The fourth-order valence-corrected chi connectivity index (χ4v) is 7.54. The van der Waals surface area contributed by atoms with Gasteiger partial charge in [-0.15, -0.1) is 11.1 Å². The van der Waals surface area contributed by atoms with E-state index in [0.29, 0.717) is 0 Å². The first kappa shape index (κ1) is 18.9. The molecule has 0 nitrogen and oxygen atoms in total. The van der Waals surface area contributed by atoms with Gasteiger partial charge < -0.3 is 0 Å². The van der Waals surface area contributed by atoms with Crippen LogP contribution in [-0.4, -0.2) is 7.38 Å². The van der Waals surface area contributed by atoms with Crippen molar-refractivity contribution in [2.45, 2.75) is 40.5 Å². The van der Waals surface area contributed by atoms with Crippen molar-refractivity contribution in [3.05, 3.63) is 89.0 Å². The van der Waals surface area contributed by atoms with Gasteiger partial charge in [-0.25, -0.2) is 0 Å². The van der Waals surface area contributed by atoms with Crippen LogP contribution in [0.1, 0.15) is 36.1 Å². The maximum atomic E-state index is 7.62. The Morgan fingerprint density at radius 3 is 1.35 bits per heavy atom. The van der Waals surface area contributed by atoms with Gasteiger partial charge in [0.25, 0.3) is 0 Å². The molecule has 0 heterocycles. The Morgan fingerprint density at radius 2 is 1.00 bits per heavy atom. The molecule has 0 spiro atoms. The van der Waals surface area contributed by atoms with Crippen molar-refractivity contribution in [1.82, 2.24) is 0 Å². The van der Waals surface area contributed by atoms with E-state index in [2.05, 4.69) is 94.4 Å². The summed E-state index contributed by atoms with van der Waals surface area (Å²) in [6, 6.07) is 24.6. The van der Waals surface area contributed by atoms with Crippen molar-refractivity contribution in [2.24, 2.45) is 0 Å². The van der Waals surface area contributed by atoms with Gasteiger partial charge in [0.05, 0.1) is 0 Å². The number of benzene rings is 3. The Kier molecular flexibility index (Phi) is 5.69. The molecule has 3 aromatic rings. The summed E-state index contributed by atoms with van der Waals surface area (Å²) >= 11 is 7.62. The molecule has 2 heteroatoms. The molecule has 0 fully saturated rings. The van der Waals surface area contributed by atoms with E-state index >= 15 is 0 Å². The number of hydrogen-bond donors (Lipinski definition) is 0. The first-order chi connectivity index (χ1) is 12.5. The predicted molar refractivity (Wildman–Crippen MR) is 118 cm³/mol. The molecule has 3 aromatic carbocycles. The third-order valence-electron chi connectivity index (χ3n) is 5.17. The van der Waals surface area contributed by atoms with Gasteiger partial charge in [-0.2, -0.15) is 0 Å². The summed E-state index contributed by atoms with van der Waals surface area (Å²) in [5.74, 6) is 0. The van der Waals surface area contributed by atoms with Gasteiger partial charge in [0.1, 0.15) is 0 Å². The van der Waals surface area contributed by atoms with Crippen LogP contribution < -0.4 is 15.6 Å². The second-order valence-corrected chi connectivity index (χ2v) is 11.9. The Labute approximate surface area is 163 Å². The summed E-state index contributed by atoms with van der Waals surface area (Å²) < 4.78 is 0. The summed E-state index contributed by atoms with van der Waals surface area (Å²) in [5.41, 5.74) is 5.27. The molecule has 0 radical (unpaired) electrons. The van der Waals surface area contributed by atoms with E-state index in [1.165, 1.54) is 37.8 Å². The van der Waals surface area contributed by atoms with Crippen molar-refractivity contribution in [2.75, 3.05) is 0 Å². The first-order valence-electron chi connectivity index (χ1n) is 9.44. The molecule has 3 rings (SSSR count). The van der Waals surface area contributed by atoms with Gasteiger partial charge in [-0.05, 0) is 53.4 Å². The average molecular weight is 379 g/mol. The largest absolute Gasteiger partial charge is 0.247 e. The van der Waals surface area contributed by atoms with E-state index in [1.54, 1.807) is 0 Å². The maximum absolute atomic E-state index is 7.62. The van der Waals surface area contributed by atoms with Crippen LogP contribution in [0.3, 0.4) is 0 Å². The molecule has 0 saturated heterocycles. The van der Waals surface area contributed by atoms with Crippen LogP contribution in [0.5, 0.6) is 0 Å². The van der Waals surface area contributed by atoms with Crippen LogP contribution in [0.25, 0.3) is 0 Å². The van der Waals surface area contributed by atoms with E-state index in [1.807, 2.05) is 0 Å². The lowest BCUT2D eigenvalue weighted by Crippen LogP contribution is -2.63. The summed E-state index contributed by atoms with van der Waals surface area (Å²) in [6.45, 7) is 8.68. The molecule has 0 N–H and O–H groups in total. The molecule has 0 amide bonds. The third kappa shape index (κ3) is 3.65. The van der Waals surface area contributed by atoms with Crippen molar-refractivity contribution >= 4 is 34.0 Å². The molecule has 0 saturated carbocycles. The normalized spacial score (nSPS) is 11.6. The zero-order chi connectivity index (χ0) is 18.7. The van der Waals surface area contributed by atoms with Crippen molar-refractivity contribution in [3.63, 3.8) is 0 Å². The average Bonchev–Trinajstić information content (AvgIpc) is 2.68. The van der Waals surface area contributed by atoms with Crippen LogP contribution in [-0.2, 0) is 12.8 Å². The molecule has 0 aromatic heterocycles. The molecule has 0 aliphatic heterocycles. The number of halogens is 1. The molecular formula is C24H27ClSi. The van der Waals surface area contributed by atoms with E-state index in [9.17, 15) is 0 Å². The van der Waals surface area contributed by atoms with Gasteiger partial charge in [0.2, 0.25) is 7.38 Å². The summed E-state index contributed by atoms with van der Waals surface area (Å²) in [5, 5.41) is 3.80. The topological polar surface area (TPSA) is 0 Å². The Bertz CT molecular complexity index is 811. The highest BCUT2D eigenvalue weighted by molar-refractivity contribution is 7.40. The lowest BCUT2D eigenvalue weighted by atomic mass is 10.1. The summed E-state index contributed by atoms with van der Waals surface area (Å²) in [7, 11) is -2.55.